The zero-order chi connectivity index (χ0) is 15.4. The number of benzene rings is 1. The van der Waals surface area contributed by atoms with E-state index in [1.54, 1.807) is 0 Å². The molecule has 0 amide bonds. The number of fused-ring (bicyclic) bond motifs is 1. The van der Waals surface area contributed by atoms with Gasteiger partial charge in [0.1, 0.15) is 12.4 Å². The number of hydrogen-bond acceptors (Lipinski definition) is 4. The second-order valence-corrected chi connectivity index (χ2v) is 5.62. The Morgan fingerprint density at radius 1 is 1.32 bits per heavy atom. The number of carbonyl (C=O) groups is 1. The molecule has 1 aromatic carbocycles. The minimum absolute atomic E-state index is 0.00169. The van der Waals surface area contributed by atoms with Crippen LogP contribution in [-0.4, -0.2) is 29.8 Å². The third kappa shape index (κ3) is 3.20. The van der Waals surface area contributed by atoms with Crippen molar-refractivity contribution in [1.29, 1.82) is 0 Å². The first-order chi connectivity index (χ1) is 10.8. The highest BCUT2D eigenvalue weighted by molar-refractivity contribution is 6.09. The topological polar surface area (TPSA) is 66.5 Å². The highest BCUT2D eigenvalue weighted by atomic mass is 16.6. The number of aromatic amines is 1. The van der Waals surface area contributed by atoms with Gasteiger partial charge < -0.3 is 4.98 Å². The normalized spacial score (nSPS) is 15.4. The van der Waals surface area contributed by atoms with E-state index < -0.39 is 0 Å². The molecule has 0 unspecified atom stereocenters. The molecule has 0 bridgehead atoms. The molecule has 1 aromatic heterocycles. The molecule has 2 aromatic rings. The van der Waals surface area contributed by atoms with E-state index in [-0.39, 0.29) is 12.4 Å². The number of aryl methyl sites for hydroxylation is 1. The smallest absolute Gasteiger partial charge is 0.193 e. The van der Waals surface area contributed by atoms with E-state index in [9.17, 15) is 4.79 Å². The van der Waals surface area contributed by atoms with E-state index in [1.807, 2.05) is 31.2 Å². The molecule has 116 valence electrons. The highest BCUT2D eigenvalue weighted by Crippen LogP contribution is 2.22. The van der Waals surface area contributed by atoms with Gasteiger partial charge in [-0.1, -0.05) is 24.6 Å². The average Bonchev–Trinajstić information content (AvgIpc) is 2.68. The monoisotopic (exact) mass is 299 g/mol. The SMILES string of the molecule is Cc1[nH]c2ccccc2c1C(=O)CONC1=NCCCCC1. The van der Waals surface area contributed by atoms with Crippen LogP contribution in [0.25, 0.3) is 10.9 Å². The van der Waals surface area contributed by atoms with Crippen LogP contribution < -0.4 is 5.48 Å². The van der Waals surface area contributed by atoms with Crippen molar-refractivity contribution in [3.8, 4) is 0 Å². The number of carbonyl (C=O) groups excluding carboxylic acids is 1. The van der Waals surface area contributed by atoms with Crippen LogP contribution in [0, 0.1) is 6.92 Å². The number of amidine groups is 1. The van der Waals surface area contributed by atoms with Crippen LogP contribution in [-0.2, 0) is 4.84 Å². The number of rotatable bonds is 4. The number of H-pyrrole nitrogens is 1. The molecule has 0 saturated heterocycles. The summed E-state index contributed by atoms with van der Waals surface area (Å²) in [6.07, 6.45) is 4.33. The van der Waals surface area contributed by atoms with E-state index in [4.69, 9.17) is 4.84 Å². The average molecular weight is 299 g/mol. The van der Waals surface area contributed by atoms with Gasteiger partial charge in [0.2, 0.25) is 0 Å². The van der Waals surface area contributed by atoms with Crippen molar-refractivity contribution < 1.29 is 9.63 Å². The van der Waals surface area contributed by atoms with Crippen LogP contribution in [0.2, 0.25) is 0 Å². The number of aliphatic imine (C=N–C) groups is 1. The fraction of sp³-hybridized carbons (Fsp3) is 0.412. The van der Waals surface area contributed by atoms with Crippen LogP contribution >= 0.6 is 0 Å². The fourth-order valence-corrected chi connectivity index (χ4v) is 2.85. The molecule has 0 aliphatic carbocycles. The van der Waals surface area contributed by atoms with Crippen LogP contribution in [0.15, 0.2) is 29.3 Å². The quantitative estimate of drug-likeness (QED) is 0.673. The first kappa shape index (κ1) is 14.8. The molecule has 1 aliphatic rings. The van der Waals surface area contributed by atoms with Gasteiger partial charge in [-0.05, 0) is 25.8 Å². The van der Waals surface area contributed by atoms with Gasteiger partial charge in [0.05, 0.1) is 0 Å². The first-order valence-electron chi connectivity index (χ1n) is 7.77. The van der Waals surface area contributed by atoms with E-state index in [0.29, 0.717) is 5.56 Å². The van der Waals surface area contributed by atoms with Gasteiger partial charge in [-0.3, -0.25) is 20.1 Å². The van der Waals surface area contributed by atoms with Crippen LogP contribution in [0.4, 0.5) is 0 Å². The summed E-state index contributed by atoms with van der Waals surface area (Å²) in [5.41, 5.74) is 5.40. The lowest BCUT2D eigenvalue weighted by Gasteiger charge is -2.08. The van der Waals surface area contributed by atoms with Gasteiger partial charge in [0.25, 0.3) is 0 Å². The van der Waals surface area contributed by atoms with Crippen LogP contribution in [0.1, 0.15) is 41.7 Å². The minimum Gasteiger partial charge on any atom is -0.358 e. The van der Waals surface area contributed by atoms with E-state index in [2.05, 4.69) is 15.5 Å². The molecule has 1 aliphatic heterocycles. The summed E-state index contributed by atoms with van der Waals surface area (Å²) in [5, 5.41) is 0.945. The van der Waals surface area contributed by atoms with E-state index >= 15 is 0 Å². The van der Waals surface area contributed by atoms with E-state index in [0.717, 1.165) is 48.2 Å². The fourth-order valence-electron chi connectivity index (χ4n) is 2.85. The van der Waals surface area contributed by atoms with Crippen molar-refractivity contribution in [2.45, 2.75) is 32.6 Å². The standard InChI is InChI=1S/C17H21N3O2/c1-12-17(13-7-4-5-8-14(13)19-12)15(21)11-22-20-16-9-3-2-6-10-18-16/h4-5,7-8,19H,2-3,6,9-11H2,1H3,(H,18,20). The summed E-state index contributed by atoms with van der Waals surface area (Å²) in [4.78, 5) is 25.4. The van der Waals surface area contributed by atoms with Gasteiger partial charge in [-0.25, -0.2) is 0 Å². The van der Waals surface area contributed by atoms with Crippen LogP contribution in [0.5, 0.6) is 0 Å². The maximum Gasteiger partial charge on any atom is 0.193 e. The molecular weight excluding hydrogens is 278 g/mol. The Morgan fingerprint density at radius 3 is 3.09 bits per heavy atom. The highest BCUT2D eigenvalue weighted by Gasteiger charge is 2.16. The molecule has 5 nitrogen and oxygen atoms in total. The molecule has 2 heterocycles. The molecule has 5 heteroatoms. The Balaban J connectivity index is 1.64. The zero-order valence-corrected chi connectivity index (χ0v) is 12.8. The lowest BCUT2D eigenvalue weighted by molar-refractivity contribution is 0.0604. The second-order valence-electron chi connectivity index (χ2n) is 5.62. The molecule has 3 rings (SSSR count). The number of nitrogens with one attached hydrogen (secondary N) is 2. The lowest BCUT2D eigenvalue weighted by atomic mass is 10.1. The van der Waals surface area contributed by atoms with Gasteiger partial charge in [-0.2, -0.15) is 0 Å². The number of nitrogens with zero attached hydrogens (tertiary/aromatic N) is 1. The molecule has 0 saturated carbocycles. The van der Waals surface area contributed by atoms with Crippen molar-refractivity contribution in [3.05, 3.63) is 35.5 Å². The Hall–Kier alpha value is -2.14. The maximum absolute atomic E-state index is 12.4. The van der Waals surface area contributed by atoms with Crippen molar-refractivity contribution in [2.24, 2.45) is 4.99 Å². The van der Waals surface area contributed by atoms with Crippen molar-refractivity contribution in [3.63, 3.8) is 0 Å². The van der Waals surface area contributed by atoms with Crippen molar-refractivity contribution >= 4 is 22.5 Å². The van der Waals surface area contributed by atoms with Crippen molar-refractivity contribution in [2.75, 3.05) is 13.2 Å². The Morgan fingerprint density at radius 2 is 2.18 bits per heavy atom. The number of ketones is 1. The predicted molar refractivity (Wildman–Crippen MR) is 87.2 cm³/mol. The zero-order valence-electron chi connectivity index (χ0n) is 12.8. The van der Waals surface area contributed by atoms with Gasteiger partial charge in [0.15, 0.2) is 5.78 Å². The Bertz CT molecular complexity index is 703. The molecule has 0 atom stereocenters. The number of aromatic nitrogens is 1. The maximum atomic E-state index is 12.4. The molecule has 0 radical (unpaired) electrons. The predicted octanol–water partition coefficient (Wildman–Crippen LogP) is 3.15. The number of hydroxylamine groups is 1. The Kier molecular flexibility index (Phi) is 4.53. The Labute approximate surface area is 129 Å². The molecule has 0 fully saturated rings. The summed E-state index contributed by atoms with van der Waals surface area (Å²) < 4.78 is 0. The van der Waals surface area contributed by atoms with E-state index in [1.165, 1.54) is 6.42 Å². The molecule has 22 heavy (non-hydrogen) atoms. The molecule has 0 spiro atoms. The largest absolute Gasteiger partial charge is 0.358 e. The first-order valence-corrected chi connectivity index (χ1v) is 7.77. The summed E-state index contributed by atoms with van der Waals surface area (Å²) in [5.74, 6) is 0.817. The third-order valence-corrected chi connectivity index (χ3v) is 3.94. The minimum atomic E-state index is -0.0309. The summed E-state index contributed by atoms with van der Waals surface area (Å²) >= 11 is 0. The molecule has 2 N–H and O–H groups in total. The van der Waals surface area contributed by atoms with Gasteiger partial charge in [0, 0.05) is 35.1 Å². The number of Topliss-reactive ketones (excluding diaryl/α,β-unsaturated/α-hetero) is 1. The number of hydrogen-bond donors (Lipinski definition) is 2. The van der Waals surface area contributed by atoms with Gasteiger partial charge in [-0.15, -0.1) is 0 Å². The third-order valence-electron chi connectivity index (χ3n) is 3.94. The summed E-state index contributed by atoms with van der Waals surface area (Å²) in [6.45, 7) is 2.75. The number of para-hydroxylation sites is 1. The second kappa shape index (κ2) is 6.75. The summed E-state index contributed by atoms with van der Waals surface area (Å²) in [7, 11) is 0. The van der Waals surface area contributed by atoms with Gasteiger partial charge >= 0.3 is 0 Å². The van der Waals surface area contributed by atoms with Crippen LogP contribution in [0.3, 0.4) is 0 Å². The summed E-state index contributed by atoms with van der Waals surface area (Å²) in [6, 6.07) is 7.81. The lowest BCUT2D eigenvalue weighted by Crippen LogP contribution is -2.26. The van der Waals surface area contributed by atoms with Crippen molar-refractivity contribution in [1.82, 2.24) is 10.5 Å². The molecular formula is C17H21N3O2.